The van der Waals surface area contributed by atoms with Gasteiger partial charge in [-0.15, -0.1) is 0 Å². The quantitative estimate of drug-likeness (QED) is 0.395. The van der Waals surface area contributed by atoms with Gasteiger partial charge in [-0.05, 0) is 99.2 Å². The molecule has 3 saturated carbocycles. The molecule has 0 aromatic rings. The summed E-state index contributed by atoms with van der Waals surface area (Å²) in [6.07, 6.45) is 24.9. The Bertz CT molecular complexity index is 402. The highest BCUT2D eigenvalue weighted by Gasteiger charge is 2.38. The first kappa shape index (κ1) is 22.6. The molecule has 3 unspecified atom stereocenters. The van der Waals surface area contributed by atoms with E-state index in [1.54, 1.807) is 32.1 Å². The van der Waals surface area contributed by atoms with Gasteiger partial charge in [-0.1, -0.05) is 65.2 Å². The molecule has 1 heteroatoms. The minimum absolute atomic E-state index is 0.429. The first-order valence-corrected chi connectivity index (χ1v) is 13.4. The Labute approximate surface area is 176 Å². The number of unbranched alkanes of at least 4 members (excludes halogenated alkanes) is 3. The monoisotopic (exact) mass is 390 g/mol. The third-order valence-corrected chi connectivity index (χ3v) is 9.39. The number of aliphatic hydroxyl groups excluding tert-OH is 1. The van der Waals surface area contributed by atoms with Crippen molar-refractivity contribution in [2.45, 2.75) is 123 Å². The molecule has 0 aromatic heterocycles. The van der Waals surface area contributed by atoms with E-state index >= 15 is 0 Å². The lowest BCUT2D eigenvalue weighted by molar-refractivity contribution is 0.0473. The van der Waals surface area contributed by atoms with Crippen molar-refractivity contribution in [3.8, 4) is 0 Å². The number of rotatable bonds is 9. The molecule has 164 valence electrons. The fourth-order valence-corrected chi connectivity index (χ4v) is 7.45. The standard InChI is InChI=1S/C27H50O/c1-3-5-6-7-8-21-9-13-24(14-10-21)26-17-18-27(23(4-2)19-26)25-15-11-22(20-28)12-16-25/h21-28H,3-20H2,1-2H3. The molecular weight excluding hydrogens is 340 g/mol. The van der Waals surface area contributed by atoms with Gasteiger partial charge in [0.05, 0.1) is 0 Å². The summed E-state index contributed by atoms with van der Waals surface area (Å²) in [5.41, 5.74) is 0. The minimum atomic E-state index is 0.429. The van der Waals surface area contributed by atoms with Gasteiger partial charge in [0.1, 0.15) is 0 Å². The second kappa shape index (κ2) is 12.0. The summed E-state index contributed by atoms with van der Waals surface area (Å²) >= 11 is 0. The van der Waals surface area contributed by atoms with Crippen LogP contribution >= 0.6 is 0 Å². The van der Waals surface area contributed by atoms with Crippen LogP contribution in [0.4, 0.5) is 0 Å². The maximum atomic E-state index is 9.46. The summed E-state index contributed by atoms with van der Waals surface area (Å²) in [6.45, 7) is 5.22. The van der Waals surface area contributed by atoms with Crippen molar-refractivity contribution in [1.82, 2.24) is 0 Å². The van der Waals surface area contributed by atoms with E-state index in [1.807, 2.05) is 0 Å². The molecule has 3 rings (SSSR count). The van der Waals surface area contributed by atoms with Crippen molar-refractivity contribution in [3.63, 3.8) is 0 Å². The summed E-state index contributed by atoms with van der Waals surface area (Å²) in [7, 11) is 0. The zero-order valence-corrected chi connectivity index (χ0v) is 19.2. The van der Waals surface area contributed by atoms with Gasteiger partial charge >= 0.3 is 0 Å². The van der Waals surface area contributed by atoms with Gasteiger partial charge in [-0.2, -0.15) is 0 Å². The van der Waals surface area contributed by atoms with Crippen LogP contribution in [-0.4, -0.2) is 11.7 Å². The summed E-state index contributed by atoms with van der Waals surface area (Å²) in [5.74, 6) is 6.78. The largest absolute Gasteiger partial charge is 0.396 e. The van der Waals surface area contributed by atoms with Crippen LogP contribution in [0, 0.1) is 41.4 Å². The second-order valence-corrected chi connectivity index (χ2v) is 11.0. The van der Waals surface area contributed by atoms with Gasteiger partial charge in [0.15, 0.2) is 0 Å². The van der Waals surface area contributed by atoms with E-state index in [0.717, 1.165) is 35.5 Å². The third-order valence-electron chi connectivity index (χ3n) is 9.39. The van der Waals surface area contributed by atoms with Crippen LogP contribution in [0.2, 0.25) is 0 Å². The lowest BCUT2D eigenvalue weighted by atomic mass is 9.60. The highest BCUT2D eigenvalue weighted by molar-refractivity contribution is 4.89. The molecule has 3 atom stereocenters. The normalized spacial score (nSPS) is 39.8. The molecule has 3 aliphatic carbocycles. The molecule has 3 aliphatic rings. The summed E-state index contributed by atoms with van der Waals surface area (Å²) in [5, 5.41) is 9.46. The Morgan fingerprint density at radius 2 is 1.29 bits per heavy atom. The van der Waals surface area contributed by atoms with Crippen LogP contribution in [0.15, 0.2) is 0 Å². The number of hydrogen-bond donors (Lipinski definition) is 1. The van der Waals surface area contributed by atoms with Crippen molar-refractivity contribution in [3.05, 3.63) is 0 Å². The molecule has 3 fully saturated rings. The average molecular weight is 391 g/mol. The van der Waals surface area contributed by atoms with Gasteiger partial charge in [-0.3, -0.25) is 0 Å². The van der Waals surface area contributed by atoms with Crippen LogP contribution in [0.1, 0.15) is 123 Å². The SMILES string of the molecule is CCCCCCC1CCC(C2CCC(C3CCC(CO)CC3)C(CC)C2)CC1. The van der Waals surface area contributed by atoms with E-state index < -0.39 is 0 Å². The maximum Gasteiger partial charge on any atom is 0.0459 e. The number of hydrogen-bond acceptors (Lipinski definition) is 1. The lowest BCUT2D eigenvalue weighted by Crippen LogP contribution is -2.35. The zero-order valence-electron chi connectivity index (χ0n) is 19.2. The van der Waals surface area contributed by atoms with Crippen LogP contribution in [0.5, 0.6) is 0 Å². The van der Waals surface area contributed by atoms with Gasteiger partial charge in [0.25, 0.3) is 0 Å². The van der Waals surface area contributed by atoms with Crippen LogP contribution in [-0.2, 0) is 0 Å². The molecule has 1 nitrogen and oxygen atoms in total. The predicted octanol–water partition coefficient (Wildman–Crippen LogP) is 8.00. The average Bonchev–Trinajstić information content (AvgIpc) is 2.77. The molecule has 28 heavy (non-hydrogen) atoms. The van der Waals surface area contributed by atoms with Gasteiger partial charge in [0, 0.05) is 6.61 Å². The molecule has 0 heterocycles. The molecular formula is C27H50O. The molecule has 0 radical (unpaired) electrons. The molecule has 0 spiro atoms. The van der Waals surface area contributed by atoms with Gasteiger partial charge in [-0.25, -0.2) is 0 Å². The van der Waals surface area contributed by atoms with E-state index in [0.29, 0.717) is 12.5 Å². The summed E-state index contributed by atoms with van der Waals surface area (Å²) < 4.78 is 0. The van der Waals surface area contributed by atoms with Crippen molar-refractivity contribution in [2.75, 3.05) is 6.61 Å². The second-order valence-electron chi connectivity index (χ2n) is 11.0. The maximum absolute atomic E-state index is 9.46. The predicted molar refractivity (Wildman–Crippen MR) is 121 cm³/mol. The zero-order chi connectivity index (χ0) is 19.8. The van der Waals surface area contributed by atoms with Gasteiger partial charge < -0.3 is 5.11 Å². The minimum Gasteiger partial charge on any atom is -0.396 e. The Kier molecular flexibility index (Phi) is 9.68. The molecule has 0 aromatic carbocycles. The third kappa shape index (κ3) is 6.23. The van der Waals surface area contributed by atoms with E-state index in [9.17, 15) is 5.11 Å². The topological polar surface area (TPSA) is 20.2 Å². The van der Waals surface area contributed by atoms with Crippen molar-refractivity contribution in [1.29, 1.82) is 0 Å². The van der Waals surface area contributed by atoms with Crippen molar-refractivity contribution in [2.24, 2.45) is 41.4 Å². The van der Waals surface area contributed by atoms with E-state index in [-0.39, 0.29) is 0 Å². The fraction of sp³-hybridized carbons (Fsp3) is 1.00. The molecule has 0 bridgehead atoms. The van der Waals surface area contributed by atoms with E-state index in [2.05, 4.69) is 13.8 Å². The lowest BCUT2D eigenvalue weighted by Gasteiger charge is -2.45. The summed E-state index contributed by atoms with van der Waals surface area (Å²) in [6, 6.07) is 0. The van der Waals surface area contributed by atoms with Crippen molar-refractivity contribution >= 4 is 0 Å². The Morgan fingerprint density at radius 1 is 0.643 bits per heavy atom. The first-order chi connectivity index (χ1) is 13.7. The van der Waals surface area contributed by atoms with Crippen LogP contribution in [0.3, 0.4) is 0 Å². The van der Waals surface area contributed by atoms with Crippen LogP contribution in [0.25, 0.3) is 0 Å². The molecule has 0 aliphatic heterocycles. The Hall–Kier alpha value is -0.0400. The highest BCUT2D eigenvalue weighted by atomic mass is 16.3. The molecule has 1 N–H and O–H groups in total. The highest BCUT2D eigenvalue weighted by Crippen LogP contribution is 2.49. The van der Waals surface area contributed by atoms with Crippen LogP contribution < -0.4 is 0 Å². The van der Waals surface area contributed by atoms with E-state index in [4.69, 9.17) is 0 Å². The molecule has 0 saturated heterocycles. The Balaban J connectivity index is 1.40. The number of aliphatic hydroxyl groups is 1. The fourth-order valence-electron chi connectivity index (χ4n) is 7.45. The van der Waals surface area contributed by atoms with Crippen molar-refractivity contribution < 1.29 is 5.11 Å². The van der Waals surface area contributed by atoms with E-state index in [1.165, 1.54) is 77.0 Å². The first-order valence-electron chi connectivity index (χ1n) is 13.4. The Morgan fingerprint density at radius 3 is 1.93 bits per heavy atom. The summed E-state index contributed by atoms with van der Waals surface area (Å²) in [4.78, 5) is 0. The molecule has 0 amide bonds. The van der Waals surface area contributed by atoms with Gasteiger partial charge in [0.2, 0.25) is 0 Å². The smallest absolute Gasteiger partial charge is 0.0459 e.